The van der Waals surface area contributed by atoms with E-state index < -0.39 is 10.0 Å². The van der Waals surface area contributed by atoms with Crippen molar-refractivity contribution in [2.24, 2.45) is 5.92 Å². The first kappa shape index (κ1) is 16.7. The van der Waals surface area contributed by atoms with E-state index in [1.807, 2.05) is 0 Å². The third-order valence-corrected chi connectivity index (χ3v) is 5.67. The van der Waals surface area contributed by atoms with Gasteiger partial charge in [0, 0.05) is 26.2 Å². The van der Waals surface area contributed by atoms with Crippen molar-refractivity contribution < 1.29 is 13.5 Å². The van der Waals surface area contributed by atoms with E-state index in [0.29, 0.717) is 19.0 Å². The minimum atomic E-state index is -3.57. The second-order valence-electron chi connectivity index (χ2n) is 5.32. The lowest BCUT2D eigenvalue weighted by molar-refractivity contribution is 0.122. The Morgan fingerprint density at radius 1 is 1.38 bits per heavy atom. The molecule has 1 heterocycles. The lowest BCUT2D eigenvalue weighted by Crippen LogP contribution is -2.41. The maximum atomic E-state index is 12.2. The van der Waals surface area contributed by atoms with Gasteiger partial charge in [0.05, 0.1) is 5.02 Å². The topological polar surface area (TPSA) is 69.6 Å². The summed E-state index contributed by atoms with van der Waals surface area (Å²) < 4.78 is 26.9. The highest BCUT2D eigenvalue weighted by molar-refractivity contribution is 7.89. The van der Waals surface area contributed by atoms with Crippen LogP contribution in [0.1, 0.15) is 12.8 Å². The van der Waals surface area contributed by atoms with Crippen LogP contribution >= 0.6 is 11.6 Å². The van der Waals surface area contributed by atoms with E-state index in [1.54, 1.807) is 18.2 Å². The fourth-order valence-electron chi connectivity index (χ4n) is 2.58. The summed E-state index contributed by atoms with van der Waals surface area (Å²) in [5, 5.41) is 9.42. The first-order valence-corrected chi connectivity index (χ1v) is 8.96. The molecule has 2 N–H and O–H groups in total. The predicted molar refractivity (Wildman–Crippen MR) is 82.9 cm³/mol. The summed E-state index contributed by atoms with van der Waals surface area (Å²) in [6, 6.07) is 6.40. The average Bonchev–Trinajstić information content (AvgIpc) is 2.47. The average molecular weight is 333 g/mol. The minimum Gasteiger partial charge on any atom is -0.396 e. The number of aliphatic hydroxyl groups excluding tert-OH is 1. The normalized spacial score (nSPS) is 20.6. The van der Waals surface area contributed by atoms with Crippen molar-refractivity contribution in [1.82, 2.24) is 9.62 Å². The van der Waals surface area contributed by atoms with Gasteiger partial charge in [0.2, 0.25) is 10.0 Å². The van der Waals surface area contributed by atoms with Gasteiger partial charge >= 0.3 is 0 Å². The zero-order valence-electron chi connectivity index (χ0n) is 11.8. The molecule has 21 heavy (non-hydrogen) atoms. The Bertz CT molecular complexity index is 565. The molecule has 1 aromatic carbocycles. The zero-order valence-corrected chi connectivity index (χ0v) is 13.4. The second-order valence-corrected chi connectivity index (χ2v) is 7.46. The summed E-state index contributed by atoms with van der Waals surface area (Å²) in [7, 11) is -3.57. The first-order chi connectivity index (χ1) is 10.0. The van der Waals surface area contributed by atoms with Crippen molar-refractivity contribution in [2.75, 3.05) is 32.8 Å². The Kier molecular flexibility index (Phi) is 6.01. The number of piperidine rings is 1. The molecular formula is C14H21ClN2O3S. The highest BCUT2D eigenvalue weighted by Gasteiger charge is 2.20. The molecule has 1 aliphatic heterocycles. The number of hydrogen-bond acceptors (Lipinski definition) is 4. The molecule has 0 aliphatic carbocycles. The number of hydrogen-bond donors (Lipinski definition) is 2. The summed E-state index contributed by atoms with van der Waals surface area (Å²) in [4.78, 5) is 2.29. The number of nitrogens with zero attached hydrogens (tertiary/aromatic N) is 1. The van der Waals surface area contributed by atoms with Crippen LogP contribution in [0.3, 0.4) is 0 Å². The van der Waals surface area contributed by atoms with Gasteiger partial charge in [-0.1, -0.05) is 23.7 Å². The van der Waals surface area contributed by atoms with Crippen LogP contribution in [-0.4, -0.2) is 51.2 Å². The standard InChI is InChI=1S/C14H21ClN2O3S/c15-13-5-1-2-6-14(13)21(19,20)16-7-9-17-8-3-4-12(10-17)11-18/h1-2,5-6,12,16,18H,3-4,7-11H2. The molecule has 1 aromatic rings. The molecule has 0 saturated carbocycles. The molecule has 7 heteroatoms. The van der Waals surface area contributed by atoms with E-state index in [-0.39, 0.29) is 16.5 Å². The molecule has 5 nitrogen and oxygen atoms in total. The fourth-order valence-corrected chi connectivity index (χ4v) is 4.12. The summed E-state index contributed by atoms with van der Waals surface area (Å²) in [6.07, 6.45) is 2.08. The van der Waals surface area contributed by atoms with Gasteiger partial charge < -0.3 is 10.0 Å². The predicted octanol–water partition coefficient (Wildman–Crippen LogP) is 1.32. The van der Waals surface area contributed by atoms with Crippen molar-refractivity contribution in [3.63, 3.8) is 0 Å². The van der Waals surface area contributed by atoms with Gasteiger partial charge in [-0.2, -0.15) is 0 Å². The smallest absolute Gasteiger partial charge is 0.242 e. The monoisotopic (exact) mass is 332 g/mol. The third kappa shape index (κ3) is 4.66. The van der Waals surface area contributed by atoms with E-state index in [4.69, 9.17) is 11.6 Å². The quantitative estimate of drug-likeness (QED) is 0.824. The van der Waals surface area contributed by atoms with E-state index in [0.717, 1.165) is 25.9 Å². The number of likely N-dealkylation sites (tertiary alicyclic amines) is 1. The van der Waals surface area contributed by atoms with Crippen molar-refractivity contribution >= 4 is 21.6 Å². The molecule has 1 saturated heterocycles. The van der Waals surface area contributed by atoms with Crippen LogP contribution in [0, 0.1) is 5.92 Å². The Morgan fingerprint density at radius 2 is 2.14 bits per heavy atom. The molecule has 0 amide bonds. The molecule has 1 atom stereocenters. The van der Waals surface area contributed by atoms with Gasteiger partial charge in [-0.05, 0) is 37.4 Å². The van der Waals surface area contributed by atoms with Gasteiger partial charge in [0.25, 0.3) is 0 Å². The Hall–Kier alpha value is -0.660. The maximum absolute atomic E-state index is 12.2. The van der Waals surface area contributed by atoms with Gasteiger partial charge in [-0.15, -0.1) is 0 Å². The maximum Gasteiger partial charge on any atom is 0.242 e. The Morgan fingerprint density at radius 3 is 2.86 bits per heavy atom. The number of halogens is 1. The van der Waals surface area contributed by atoms with Crippen LogP contribution in [0.4, 0.5) is 0 Å². The van der Waals surface area contributed by atoms with Crippen LogP contribution in [0.5, 0.6) is 0 Å². The molecule has 2 rings (SSSR count). The van der Waals surface area contributed by atoms with Gasteiger partial charge in [0.15, 0.2) is 0 Å². The molecule has 0 radical (unpaired) electrons. The SMILES string of the molecule is O=S(=O)(NCCN1CCCC(CO)C1)c1ccccc1Cl. The summed E-state index contributed by atoms with van der Waals surface area (Å²) >= 11 is 5.92. The van der Waals surface area contributed by atoms with Gasteiger partial charge in [0.1, 0.15) is 4.90 Å². The fraction of sp³-hybridized carbons (Fsp3) is 0.571. The van der Waals surface area contributed by atoms with Crippen LogP contribution in [-0.2, 0) is 10.0 Å². The van der Waals surface area contributed by atoms with Crippen molar-refractivity contribution in [3.05, 3.63) is 29.3 Å². The van der Waals surface area contributed by atoms with E-state index in [1.165, 1.54) is 6.07 Å². The van der Waals surface area contributed by atoms with Crippen molar-refractivity contribution in [1.29, 1.82) is 0 Å². The highest BCUT2D eigenvalue weighted by Crippen LogP contribution is 2.20. The summed E-state index contributed by atoms with van der Waals surface area (Å²) in [6.45, 7) is 2.95. The van der Waals surface area contributed by atoms with Gasteiger partial charge in [-0.3, -0.25) is 0 Å². The van der Waals surface area contributed by atoms with Crippen LogP contribution < -0.4 is 4.72 Å². The van der Waals surface area contributed by atoms with Crippen LogP contribution in [0.25, 0.3) is 0 Å². The molecule has 1 unspecified atom stereocenters. The molecule has 1 aliphatic rings. The third-order valence-electron chi connectivity index (χ3n) is 3.71. The highest BCUT2D eigenvalue weighted by atomic mass is 35.5. The zero-order chi connectivity index (χ0) is 15.3. The molecule has 1 fully saturated rings. The largest absolute Gasteiger partial charge is 0.396 e. The van der Waals surface area contributed by atoms with Gasteiger partial charge in [-0.25, -0.2) is 13.1 Å². The lowest BCUT2D eigenvalue weighted by Gasteiger charge is -2.31. The molecule has 0 bridgehead atoms. The molecular weight excluding hydrogens is 312 g/mol. The molecule has 0 aromatic heterocycles. The van der Waals surface area contributed by atoms with Crippen LogP contribution in [0.15, 0.2) is 29.2 Å². The number of aliphatic hydroxyl groups is 1. The van der Waals surface area contributed by atoms with E-state index in [2.05, 4.69) is 9.62 Å². The van der Waals surface area contributed by atoms with Crippen molar-refractivity contribution in [2.45, 2.75) is 17.7 Å². The summed E-state index contributed by atoms with van der Waals surface area (Å²) in [5.41, 5.74) is 0. The number of benzene rings is 1. The molecule has 0 spiro atoms. The summed E-state index contributed by atoms with van der Waals surface area (Å²) in [5.74, 6) is 0.305. The van der Waals surface area contributed by atoms with Crippen molar-refractivity contribution in [3.8, 4) is 0 Å². The Balaban J connectivity index is 1.87. The Labute approximate surface area is 131 Å². The van der Waals surface area contributed by atoms with E-state index in [9.17, 15) is 13.5 Å². The first-order valence-electron chi connectivity index (χ1n) is 7.10. The number of rotatable bonds is 6. The number of sulfonamides is 1. The molecule has 118 valence electrons. The second kappa shape index (κ2) is 7.56. The van der Waals surface area contributed by atoms with Crippen LogP contribution in [0.2, 0.25) is 5.02 Å². The minimum absolute atomic E-state index is 0.110. The number of nitrogens with one attached hydrogen (secondary N) is 1. The van der Waals surface area contributed by atoms with E-state index >= 15 is 0 Å². The lowest BCUT2D eigenvalue weighted by atomic mass is 9.99.